The number of aliphatic hydroxyl groups is 6. The third kappa shape index (κ3) is 8.19. The normalized spacial score (nSPS) is 37.6. The van der Waals surface area contributed by atoms with Gasteiger partial charge in [0.15, 0.2) is 12.6 Å². The van der Waals surface area contributed by atoms with Crippen molar-refractivity contribution in [3.05, 3.63) is 0 Å². The van der Waals surface area contributed by atoms with Crippen molar-refractivity contribution in [1.29, 1.82) is 0 Å². The van der Waals surface area contributed by atoms with Crippen LogP contribution >= 0.6 is 12.6 Å². The van der Waals surface area contributed by atoms with Gasteiger partial charge in [0.25, 0.3) is 0 Å². The van der Waals surface area contributed by atoms with Gasteiger partial charge < -0.3 is 60.2 Å². The van der Waals surface area contributed by atoms with Crippen molar-refractivity contribution in [2.75, 3.05) is 32.1 Å². The van der Waals surface area contributed by atoms with Gasteiger partial charge in [0.05, 0.1) is 19.8 Å². The van der Waals surface area contributed by atoms with E-state index in [2.05, 4.69) is 23.3 Å². The van der Waals surface area contributed by atoms with Crippen LogP contribution in [0.4, 0.5) is 0 Å². The Morgan fingerprint density at radius 3 is 2.20 bits per heavy atom. The molecule has 0 spiro atoms. The van der Waals surface area contributed by atoms with Gasteiger partial charge in [-0.3, -0.25) is 9.59 Å². The lowest BCUT2D eigenvalue weighted by Crippen LogP contribution is -2.67. The SMILES string of the molecule is CC(=O)N[C@H]1[C@H](OCCCNC(=O)CCS)O[C@H](CO)[C@@H](O[C@@H]2O[C@H](CO)[C@H](O)[C@H](O)[C@H]2O)[C@@H]1O. The molecule has 0 aromatic heterocycles. The number of thiol groups is 1. The minimum absolute atomic E-state index is 0.0883. The van der Waals surface area contributed by atoms with Crippen LogP contribution in [0, 0.1) is 0 Å². The van der Waals surface area contributed by atoms with Crippen LogP contribution in [0.25, 0.3) is 0 Å². The van der Waals surface area contributed by atoms with Crippen LogP contribution < -0.4 is 10.6 Å². The topological polar surface area (TPSA) is 216 Å². The summed E-state index contributed by atoms with van der Waals surface area (Å²) in [6.45, 7) is 0.291. The molecule has 0 aromatic rings. The maximum absolute atomic E-state index is 11.7. The standard InChI is InChI=1S/C20H36N2O12S/c1-9(25)22-13-15(28)18(34-20-17(30)16(29)14(27)10(7-23)32-20)11(8-24)33-19(13)31-5-2-4-21-12(26)3-6-35/h10-11,13-20,23-24,27-30,35H,2-8H2,1H3,(H,21,26)(H,22,25)/t10-,11-,13-,14+,15-,16+,17-,18-,19-,20+/m1/s1. The molecule has 15 heteroatoms. The predicted molar refractivity (Wildman–Crippen MR) is 120 cm³/mol. The highest BCUT2D eigenvalue weighted by atomic mass is 32.1. The number of hydrogen-bond acceptors (Lipinski definition) is 13. The van der Waals surface area contributed by atoms with Crippen molar-refractivity contribution in [1.82, 2.24) is 10.6 Å². The van der Waals surface area contributed by atoms with Gasteiger partial charge in [-0.25, -0.2) is 0 Å². The number of rotatable bonds is 12. The molecule has 0 radical (unpaired) electrons. The summed E-state index contributed by atoms with van der Waals surface area (Å²) in [5, 5.41) is 65.5. The molecule has 204 valence electrons. The number of hydrogen-bond donors (Lipinski definition) is 9. The van der Waals surface area contributed by atoms with Gasteiger partial charge in [-0.2, -0.15) is 12.6 Å². The zero-order valence-corrected chi connectivity index (χ0v) is 20.2. The zero-order valence-electron chi connectivity index (χ0n) is 19.3. The molecule has 10 atom stereocenters. The Hall–Kier alpha value is -1.11. The molecular formula is C20H36N2O12S. The van der Waals surface area contributed by atoms with E-state index in [0.717, 1.165) is 0 Å². The highest BCUT2D eigenvalue weighted by Crippen LogP contribution is 2.29. The molecule has 0 unspecified atom stereocenters. The summed E-state index contributed by atoms with van der Waals surface area (Å²) < 4.78 is 22.3. The molecule has 14 nitrogen and oxygen atoms in total. The highest BCUT2D eigenvalue weighted by Gasteiger charge is 2.51. The molecule has 2 saturated heterocycles. The van der Waals surface area contributed by atoms with E-state index in [1.54, 1.807) is 0 Å². The molecule has 0 saturated carbocycles. The zero-order chi connectivity index (χ0) is 26.1. The van der Waals surface area contributed by atoms with Gasteiger partial charge in [-0.1, -0.05) is 0 Å². The summed E-state index contributed by atoms with van der Waals surface area (Å²) in [6, 6.07) is -1.15. The van der Waals surface area contributed by atoms with Crippen LogP contribution in [0.5, 0.6) is 0 Å². The first-order valence-electron chi connectivity index (χ1n) is 11.3. The third-order valence-corrected chi connectivity index (χ3v) is 5.85. The predicted octanol–water partition coefficient (Wildman–Crippen LogP) is -4.40. The number of amides is 2. The first-order valence-corrected chi connectivity index (χ1v) is 11.9. The number of ether oxygens (including phenoxy) is 4. The average molecular weight is 529 g/mol. The fourth-order valence-electron chi connectivity index (χ4n) is 3.79. The Morgan fingerprint density at radius 2 is 1.60 bits per heavy atom. The van der Waals surface area contributed by atoms with Crippen LogP contribution in [0.15, 0.2) is 0 Å². The first kappa shape index (κ1) is 30.1. The van der Waals surface area contributed by atoms with Crippen molar-refractivity contribution >= 4 is 24.4 Å². The Labute approximate surface area is 207 Å². The maximum Gasteiger partial charge on any atom is 0.220 e. The van der Waals surface area contributed by atoms with Crippen LogP contribution in [0.1, 0.15) is 19.8 Å². The summed E-state index contributed by atoms with van der Waals surface area (Å²) in [7, 11) is 0. The van der Waals surface area contributed by atoms with Crippen LogP contribution in [0.3, 0.4) is 0 Å². The fraction of sp³-hybridized carbons (Fsp3) is 0.900. The second kappa shape index (κ2) is 14.6. The molecule has 2 aliphatic heterocycles. The molecule has 0 aliphatic carbocycles. The lowest BCUT2D eigenvalue weighted by Gasteiger charge is -2.47. The maximum atomic E-state index is 11.7. The summed E-state index contributed by atoms with van der Waals surface area (Å²) in [6.07, 6.45) is -12.5. The lowest BCUT2D eigenvalue weighted by molar-refractivity contribution is -0.348. The Morgan fingerprint density at radius 1 is 0.943 bits per heavy atom. The van der Waals surface area contributed by atoms with E-state index in [0.29, 0.717) is 18.7 Å². The fourth-order valence-corrected chi connectivity index (χ4v) is 3.99. The average Bonchev–Trinajstić information content (AvgIpc) is 2.82. The smallest absolute Gasteiger partial charge is 0.220 e. The van der Waals surface area contributed by atoms with Gasteiger partial charge in [0, 0.05) is 19.9 Å². The first-order chi connectivity index (χ1) is 16.6. The largest absolute Gasteiger partial charge is 0.394 e. The van der Waals surface area contributed by atoms with Crippen molar-refractivity contribution in [2.45, 2.75) is 81.1 Å². The Kier molecular flexibility index (Phi) is 12.5. The van der Waals surface area contributed by atoms with Gasteiger partial charge >= 0.3 is 0 Å². The van der Waals surface area contributed by atoms with E-state index < -0.39 is 80.5 Å². The third-order valence-electron chi connectivity index (χ3n) is 5.63. The van der Waals surface area contributed by atoms with Crippen molar-refractivity contribution in [3.8, 4) is 0 Å². The molecule has 8 N–H and O–H groups in total. The Balaban J connectivity index is 2.05. The van der Waals surface area contributed by atoms with Crippen molar-refractivity contribution in [2.24, 2.45) is 0 Å². The molecule has 2 rings (SSSR count). The van der Waals surface area contributed by atoms with E-state index >= 15 is 0 Å². The van der Waals surface area contributed by atoms with E-state index in [9.17, 15) is 40.2 Å². The molecule has 2 heterocycles. The molecule has 0 bridgehead atoms. The molecular weight excluding hydrogens is 492 g/mol. The summed E-state index contributed by atoms with van der Waals surface area (Å²) in [5.74, 6) is -0.253. The van der Waals surface area contributed by atoms with Crippen LogP contribution in [-0.4, -0.2) is 136 Å². The van der Waals surface area contributed by atoms with E-state index in [1.165, 1.54) is 6.92 Å². The van der Waals surface area contributed by atoms with Crippen LogP contribution in [0.2, 0.25) is 0 Å². The van der Waals surface area contributed by atoms with Gasteiger partial charge in [-0.15, -0.1) is 0 Å². The number of nitrogens with one attached hydrogen (secondary N) is 2. The summed E-state index contributed by atoms with van der Waals surface area (Å²) in [5.41, 5.74) is 0. The van der Waals surface area contributed by atoms with Crippen LogP contribution in [-0.2, 0) is 28.5 Å². The quantitative estimate of drug-likeness (QED) is 0.0867. The summed E-state index contributed by atoms with van der Waals surface area (Å²) in [4.78, 5) is 23.2. The lowest BCUT2D eigenvalue weighted by atomic mass is 9.95. The molecule has 35 heavy (non-hydrogen) atoms. The molecule has 0 aromatic carbocycles. The van der Waals surface area contributed by atoms with Crippen molar-refractivity contribution < 1.29 is 59.2 Å². The second-order valence-electron chi connectivity index (χ2n) is 8.29. The summed E-state index contributed by atoms with van der Waals surface area (Å²) >= 11 is 3.98. The highest BCUT2D eigenvalue weighted by molar-refractivity contribution is 7.80. The molecule has 2 fully saturated rings. The molecule has 2 amide bonds. The minimum Gasteiger partial charge on any atom is -0.394 e. The number of carbonyl (C=O) groups excluding carboxylic acids is 2. The van der Waals surface area contributed by atoms with Crippen molar-refractivity contribution in [3.63, 3.8) is 0 Å². The number of carbonyl (C=O) groups is 2. The molecule has 2 aliphatic rings. The van der Waals surface area contributed by atoms with Gasteiger partial charge in [-0.05, 0) is 12.2 Å². The van der Waals surface area contributed by atoms with Gasteiger partial charge in [0.1, 0.15) is 48.8 Å². The van der Waals surface area contributed by atoms with E-state index in [1.807, 2.05) is 0 Å². The monoisotopic (exact) mass is 528 g/mol. The number of aliphatic hydroxyl groups excluding tert-OH is 6. The van der Waals surface area contributed by atoms with E-state index in [-0.39, 0.29) is 18.9 Å². The Bertz CT molecular complexity index is 674. The van der Waals surface area contributed by atoms with Gasteiger partial charge in [0.2, 0.25) is 11.8 Å². The second-order valence-corrected chi connectivity index (χ2v) is 8.74. The van der Waals surface area contributed by atoms with E-state index in [4.69, 9.17) is 18.9 Å². The minimum atomic E-state index is -1.75.